The monoisotopic (exact) mass is 425 g/mol. The van der Waals surface area contributed by atoms with Gasteiger partial charge in [0.2, 0.25) is 5.91 Å². The Morgan fingerprint density at radius 2 is 1.55 bits per heavy atom. The number of likely N-dealkylation sites (tertiary alicyclic amines) is 1. The lowest BCUT2D eigenvalue weighted by atomic mass is 9.61. The molecule has 1 aromatic carbocycles. The van der Waals surface area contributed by atoms with Crippen LogP contribution in [0.1, 0.15) is 80.8 Å². The largest absolute Gasteiger partial charge is 0.342 e. The van der Waals surface area contributed by atoms with Crippen LogP contribution in [0.15, 0.2) is 24.3 Å². The molecule has 1 heterocycles. The molecule has 2 atom stereocenters. The van der Waals surface area contributed by atoms with Crippen molar-refractivity contribution in [2.75, 3.05) is 13.1 Å². The summed E-state index contributed by atoms with van der Waals surface area (Å²) in [5.41, 5.74) is 0.936. The molecule has 0 spiro atoms. The SMILES string of the molecule is O=C(NC1CCN(C(=O)C2CC2)CC1)NC12CC3CC(F)(CC(C1)c1ccccc13)C2. The quantitative estimate of drug-likeness (QED) is 0.769. The lowest BCUT2D eigenvalue weighted by Crippen LogP contribution is -2.62. The average molecular weight is 426 g/mol. The molecular formula is C25H32FN3O2. The number of nitrogens with one attached hydrogen (secondary N) is 2. The van der Waals surface area contributed by atoms with Gasteiger partial charge in [-0.3, -0.25) is 4.79 Å². The summed E-state index contributed by atoms with van der Waals surface area (Å²) >= 11 is 0. The Hall–Kier alpha value is -2.11. The third-order valence-corrected chi connectivity index (χ3v) is 8.48. The van der Waals surface area contributed by atoms with E-state index in [1.54, 1.807) is 0 Å². The first kappa shape index (κ1) is 19.6. The van der Waals surface area contributed by atoms with Crippen molar-refractivity contribution in [1.82, 2.24) is 15.5 Å². The Bertz CT molecular complexity index is 871. The van der Waals surface area contributed by atoms with Gasteiger partial charge in [0.1, 0.15) is 5.67 Å². The predicted molar refractivity (Wildman–Crippen MR) is 116 cm³/mol. The second-order valence-electron chi connectivity index (χ2n) is 10.9. The van der Waals surface area contributed by atoms with E-state index in [1.807, 2.05) is 4.90 Å². The lowest BCUT2D eigenvalue weighted by Gasteiger charge is -2.51. The first-order valence-corrected chi connectivity index (χ1v) is 12.1. The molecule has 1 saturated heterocycles. The predicted octanol–water partition coefficient (Wildman–Crippen LogP) is 3.99. The van der Waals surface area contributed by atoms with Gasteiger partial charge in [-0.15, -0.1) is 0 Å². The minimum absolute atomic E-state index is 0.0795. The normalized spacial score (nSPS) is 36.6. The number of carbonyl (C=O) groups excluding carboxylic acids is 2. The number of rotatable bonds is 3. The van der Waals surface area contributed by atoms with Crippen molar-refractivity contribution >= 4 is 11.9 Å². The number of carbonyl (C=O) groups is 2. The van der Waals surface area contributed by atoms with Crippen LogP contribution in [0.4, 0.5) is 9.18 Å². The fraction of sp³-hybridized carbons (Fsp3) is 0.680. The molecule has 166 valence electrons. The molecule has 0 radical (unpaired) electrons. The highest BCUT2D eigenvalue weighted by molar-refractivity contribution is 5.81. The summed E-state index contributed by atoms with van der Waals surface area (Å²) in [6.07, 6.45) is 6.90. The molecule has 1 aromatic rings. The Kier molecular flexibility index (Phi) is 4.38. The maximum Gasteiger partial charge on any atom is 0.315 e. The molecule has 2 unspecified atom stereocenters. The zero-order valence-corrected chi connectivity index (χ0v) is 18.0. The fourth-order valence-corrected chi connectivity index (χ4v) is 7.17. The molecule has 3 amide bonds. The Labute approximate surface area is 183 Å². The van der Waals surface area contributed by atoms with Crippen molar-refractivity contribution in [1.29, 1.82) is 0 Å². The van der Waals surface area contributed by atoms with E-state index in [9.17, 15) is 9.59 Å². The molecular weight excluding hydrogens is 393 g/mol. The zero-order chi connectivity index (χ0) is 21.2. The molecule has 1 aliphatic heterocycles. The van der Waals surface area contributed by atoms with Crippen molar-refractivity contribution in [2.24, 2.45) is 5.92 Å². The van der Waals surface area contributed by atoms with Crippen LogP contribution in [0, 0.1) is 5.92 Å². The highest BCUT2D eigenvalue weighted by Crippen LogP contribution is 2.60. The van der Waals surface area contributed by atoms with Gasteiger partial charge in [-0.05, 0) is 74.3 Å². The topological polar surface area (TPSA) is 61.4 Å². The number of piperidine rings is 1. The Morgan fingerprint density at radius 1 is 0.935 bits per heavy atom. The third-order valence-electron chi connectivity index (χ3n) is 8.48. The van der Waals surface area contributed by atoms with Crippen LogP contribution in [0.25, 0.3) is 0 Å². The van der Waals surface area contributed by atoms with Gasteiger partial charge in [0.05, 0.1) is 0 Å². The number of halogens is 1. The van der Waals surface area contributed by atoms with Crippen molar-refractivity contribution in [2.45, 2.75) is 86.9 Å². The smallest absolute Gasteiger partial charge is 0.315 e. The van der Waals surface area contributed by atoms with Crippen LogP contribution in [-0.2, 0) is 4.79 Å². The maximum absolute atomic E-state index is 15.8. The van der Waals surface area contributed by atoms with Crippen LogP contribution in [0.3, 0.4) is 0 Å². The fourth-order valence-electron chi connectivity index (χ4n) is 7.17. The van der Waals surface area contributed by atoms with Crippen LogP contribution in [0.2, 0.25) is 0 Å². The highest BCUT2D eigenvalue weighted by atomic mass is 19.1. The first-order chi connectivity index (χ1) is 14.9. The van der Waals surface area contributed by atoms with Crippen molar-refractivity contribution in [3.63, 3.8) is 0 Å². The van der Waals surface area contributed by atoms with E-state index in [2.05, 4.69) is 34.9 Å². The number of amides is 3. The molecule has 4 bridgehead atoms. The molecule has 6 aliphatic rings. The van der Waals surface area contributed by atoms with Gasteiger partial charge in [-0.1, -0.05) is 24.3 Å². The summed E-state index contributed by atoms with van der Waals surface area (Å²) in [7, 11) is 0. The molecule has 3 saturated carbocycles. The lowest BCUT2D eigenvalue weighted by molar-refractivity contribution is -0.133. The standard InChI is InChI=1S/C25H32FN3O2/c26-24-11-17-13-25(15-24,14-18(12-24)21-4-2-1-3-20(17)21)28-23(31)27-19-7-9-29(10-8-19)22(30)16-5-6-16/h1-4,16-19H,5-15H2,(H2,27,28,31). The Balaban J connectivity index is 1.12. The van der Waals surface area contributed by atoms with E-state index in [0.29, 0.717) is 25.2 Å². The minimum atomic E-state index is -1.19. The van der Waals surface area contributed by atoms with Gasteiger partial charge >= 0.3 is 6.03 Å². The van der Waals surface area contributed by atoms with Gasteiger partial charge in [-0.2, -0.15) is 0 Å². The maximum atomic E-state index is 15.8. The van der Waals surface area contributed by atoms with E-state index in [-0.39, 0.29) is 29.8 Å². The zero-order valence-electron chi connectivity index (χ0n) is 18.0. The van der Waals surface area contributed by atoms with Crippen molar-refractivity contribution in [3.8, 4) is 0 Å². The summed E-state index contributed by atoms with van der Waals surface area (Å²) in [5.74, 6) is 0.907. The van der Waals surface area contributed by atoms with Gasteiger partial charge < -0.3 is 15.5 Å². The highest BCUT2D eigenvalue weighted by Gasteiger charge is 2.58. The number of hydrogen-bond donors (Lipinski definition) is 2. The summed E-state index contributed by atoms with van der Waals surface area (Å²) < 4.78 is 15.8. The van der Waals surface area contributed by atoms with Crippen LogP contribution in [-0.4, -0.2) is 47.2 Å². The molecule has 6 heteroatoms. The summed E-state index contributed by atoms with van der Waals surface area (Å²) in [4.78, 5) is 27.2. The van der Waals surface area contributed by atoms with Crippen LogP contribution in [0.5, 0.6) is 0 Å². The van der Waals surface area contributed by atoms with Gasteiger partial charge in [0.25, 0.3) is 0 Å². The van der Waals surface area contributed by atoms with E-state index >= 15 is 4.39 Å². The van der Waals surface area contributed by atoms with E-state index in [4.69, 9.17) is 0 Å². The summed E-state index contributed by atoms with van der Waals surface area (Å²) in [6.45, 7) is 1.44. The third kappa shape index (κ3) is 3.52. The van der Waals surface area contributed by atoms with Crippen molar-refractivity contribution < 1.29 is 14.0 Å². The summed E-state index contributed by atoms with van der Waals surface area (Å²) in [6, 6.07) is 8.36. The van der Waals surface area contributed by atoms with E-state index < -0.39 is 11.2 Å². The molecule has 4 fully saturated rings. The van der Waals surface area contributed by atoms with Crippen molar-refractivity contribution in [3.05, 3.63) is 35.4 Å². The number of alkyl halides is 1. The molecule has 7 rings (SSSR count). The second-order valence-corrected chi connectivity index (χ2v) is 10.9. The number of nitrogens with zero attached hydrogens (tertiary/aromatic N) is 1. The van der Waals surface area contributed by atoms with Crippen LogP contribution < -0.4 is 10.6 Å². The van der Waals surface area contributed by atoms with Gasteiger partial charge in [-0.25, -0.2) is 9.18 Å². The molecule has 5 aliphatic carbocycles. The van der Waals surface area contributed by atoms with E-state index in [0.717, 1.165) is 51.6 Å². The average Bonchev–Trinajstić information content (AvgIpc) is 3.58. The van der Waals surface area contributed by atoms with Gasteiger partial charge in [0.15, 0.2) is 0 Å². The molecule has 31 heavy (non-hydrogen) atoms. The molecule has 5 nitrogen and oxygen atoms in total. The number of hydrogen-bond acceptors (Lipinski definition) is 2. The molecule has 2 N–H and O–H groups in total. The first-order valence-electron chi connectivity index (χ1n) is 12.1. The second kappa shape index (κ2) is 6.94. The van der Waals surface area contributed by atoms with E-state index in [1.165, 1.54) is 11.1 Å². The number of benzene rings is 1. The molecule has 0 aromatic heterocycles. The van der Waals surface area contributed by atoms with Gasteiger partial charge in [0, 0.05) is 37.0 Å². The minimum Gasteiger partial charge on any atom is -0.342 e. The Morgan fingerprint density at radius 3 is 2.13 bits per heavy atom. The summed E-state index contributed by atoms with van der Waals surface area (Å²) in [5, 5.41) is 6.41. The number of urea groups is 1. The van der Waals surface area contributed by atoms with Crippen LogP contribution >= 0.6 is 0 Å².